The molecule has 5 fully saturated rings. The van der Waals surface area contributed by atoms with E-state index in [4.69, 9.17) is 0 Å². The fourth-order valence-electron chi connectivity index (χ4n) is 6.15. The van der Waals surface area contributed by atoms with E-state index >= 15 is 0 Å². The summed E-state index contributed by atoms with van der Waals surface area (Å²) < 4.78 is 0. The van der Waals surface area contributed by atoms with Crippen molar-refractivity contribution in [1.82, 2.24) is 0 Å². The van der Waals surface area contributed by atoms with Crippen molar-refractivity contribution in [3.8, 4) is 0 Å². The highest BCUT2D eigenvalue weighted by Gasteiger charge is 2.56. The molecule has 15 heavy (non-hydrogen) atoms. The van der Waals surface area contributed by atoms with Crippen LogP contribution in [0.2, 0.25) is 0 Å². The molecule has 0 saturated heterocycles. The van der Waals surface area contributed by atoms with Crippen molar-refractivity contribution in [2.45, 2.75) is 64.2 Å². The average molecular weight is 204 g/mol. The molecule has 0 heterocycles. The van der Waals surface area contributed by atoms with Crippen molar-refractivity contribution >= 4 is 0 Å². The summed E-state index contributed by atoms with van der Waals surface area (Å²) in [5, 5.41) is 0. The van der Waals surface area contributed by atoms with Crippen LogP contribution >= 0.6 is 0 Å². The van der Waals surface area contributed by atoms with E-state index in [1.165, 1.54) is 30.1 Å². The van der Waals surface area contributed by atoms with Crippen LogP contribution in [0.25, 0.3) is 0 Å². The molecule has 0 aliphatic heterocycles. The quantitative estimate of drug-likeness (QED) is 0.549. The predicted molar refractivity (Wildman–Crippen MR) is 62.6 cm³/mol. The van der Waals surface area contributed by atoms with Crippen LogP contribution in [0.15, 0.2) is 0 Å². The van der Waals surface area contributed by atoms with Gasteiger partial charge in [0.25, 0.3) is 0 Å². The molecule has 84 valence electrons. The van der Waals surface area contributed by atoms with Gasteiger partial charge in [0.2, 0.25) is 0 Å². The fraction of sp³-hybridized carbons (Fsp3) is 1.00. The summed E-state index contributed by atoms with van der Waals surface area (Å²) in [4.78, 5) is 0. The highest BCUT2D eigenvalue weighted by atomic mass is 14.6. The first kappa shape index (κ1) is 9.07. The highest BCUT2D eigenvalue weighted by Crippen LogP contribution is 2.66. The Morgan fingerprint density at radius 1 is 0.600 bits per heavy atom. The molecule has 0 amide bonds. The van der Waals surface area contributed by atoms with Crippen molar-refractivity contribution in [3.63, 3.8) is 0 Å². The SMILES string of the molecule is C1CCC2(CC1)C1CC3CC(C1)CC2C3. The van der Waals surface area contributed by atoms with Gasteiger partial charge < -0.3 is 0 Å². The molecule has 0 aromatic heterocycles. The second-order valence-corrected chi connectivity index (χ2v) is 7.10. The molecule has 0 heteroatoms. The van der Waals surface area contributed by atoms with Crippen LogP contribution in [0.1, 0.15) is 64.2 Å². The highest BCUT2D eigenvalue weighted by molar-refractivity contribution is 5.06. The predicted octanol–water partition coefficient (Wildman–Crippen LogP) is 4.39. The molecule has 0 N–H and O–H groups in total. The summed E-state index contributed by atoms with van der Waals surface area (Å²) in [7, 11) is 0. The van der Waals surface area contributed by atoms with E-state index in [0.717, 1.165) is 5.41 Å². The average Bonchev–Trinajstić information content (AvgIpc) is 2.26. The van der Waals surface area contributed by atoms with Gasteiger partial charge in [0.1, 0.15) is 0 Å². The van der Waals surface area contributed by atoms with Gasteiger partial charge in [-0.25, -0.2) is 0 Å². The number of hydrogen-bond donors (Lipinski definition) is 0. The Labute approximate surface area is 93.8 Å². The van der Waals surface area contributed by atoms with Gasteiger partial charge in [-0.3, -0.25) is 0 Å². The largest absolute Gasteiger partial charge is 0.0533 e. The van der Waals surface area contributed by atoms with Gasteiger partial charge in [-0.05, 0) is 74.0 Å². The first-order valence-corrected chi connectivity index (χ1v) is 7.37. The van der Waals surface area contributed by atoms with Crippen LogP contribution in [0.5, 0.6) is 0 Å². The van der Waals surface area contributed by atoms with E-state index in [-0.39, 0.29) is 0 Å². The molecular formula is C15H24. The minimum Gasteiger partial charge on any atom is -0.0533 e. The summed E-state index contributed by atoms with van der Waals surface area (Å²) in [6.45, 7) is 0. The van der Waals surface area contributed by atoms with Gasteiger partial charge >= 0.3 is 0 Å². The topological polar surface area (TPSA) is 0 Å². The van der Waals surface area contributed by atoms with Gasteiger partial charge in [-0.2, -0.15) is 0 Å². The molecule has 4 bridgehead atoms. The number of rotatable bonds is 0. The lowest BCUT2D eigenvalue weighted by Crippen LogP contribution is -2.53. The molecule has 0 nitrogen and oxygen atoms in total. The zero-order valence-corrected chi connectivity index (χ0v) is 9.88. The first-order valence-electron chi connectivity index (χ1n) is 7.37. The maximum Gasteiger partial charge on any atom is -0.0240 e. The van der Waals surface area contributed by atoms with Gasteiger partial charge in [-0.1, -0.05) is 19.3 Å². The Morgan fingerprint density at radius 3 is 1.67 bits per heavy atom. The summed E-state index contributed by atoms with van der Waals surface area (Å²) in [5.41, 5.74) is 0.881. The fourth-order valence-corrected chi connectivity index (χ4v) is 6.15. The third-order valence-electron chi connectivity index (χ3n) is 6.55. The van der Waals surface area contributed by atoms with Crippen LogP contribution in [0, 0.1) is 29.1 Å². The van der Waals surface area contributed by atoms with Gasteiger partial charge in [-0.15, -0.1) is 0 Å². The first-order chi connectivity index (χ1) is 7.37. The summed E-state index contributed by atoms with van der Waals surface area (Å²) in [5.74, 6) is 4.68. The molecule has 0 atom stereocenters. The molecule has 5 saturated carbocycles. The lowest BCUT2D eigenvalue weighted by Gasteiger charge is -2.63. The smallest absolute Gasteiger partial charge is 0.0240 e. The maximum atomic E-state index is 1.63. The van der Waals surface area contributed by atoms with Gasteiger partial charge in [0, 0.05) is 0 Å². The zero-order chi connectivity index (χ0) is 9.88. The monoisotopic (exact) mass is 204 g/mol. The minimum atomic E-state index is 0.881. The van der Waals surface area contributed by atoms with Crippen molar-refractivity contribution in [2.75, 3.05) is 0 Å². The van der Waals surface area contributed by atoms with Crippen molar-refractivity contribution in [3.05, 3.63) is 0 Å². The van der Waals surface area contributed by atoms with Gasteiger partial charge in [0.15, 0.2) is 0 Å². The molecule has 5 aliphatic rings. The normalized spacial score (nSPS) is 51.2. The molecule has 0 radical (unpaired) electrons. The van der Waals surface area contributed by atoms with E-state index in [9.17, 15) is 0 Å². The van der Waals surface area contributed by atoms with E-state index in [1.807, 2.05) is 0 Å². The summed E-state index contributed by atoms with van der Waals surface area (Å²) >= 11 is 0. The Hall–Kier alpha value is 0. The summed E-state index contributed by atoms with van der Waals surface area (Å²) in [6, 6.07) is 0. The lowest BCUT2D eigenvalue weighted by molar-refractivity contribution is -0.126. The Balaban J connectivity index is 1.69. The third kappa shape index (κ3) is 1.14. The van der Waals surface area contributed by atoms with Crippen molar-refractivity contribution in [2.24, 2.45) is 29.1 Å². The van der Waals surface area contributed by atoms with Crippen LogP contribution in [0.3, 0.4) is 0 Å². The molecule has 0 aromatic carbocycles. The lowest BCUT2D eigenvalue weighted by atomic mass is 9.42. The van der Waals surface area contributed by atoms with E-state index in [0.29, 0.717) is 0 Å². The molecule has 5 rings (SSSR count). The Kier molecular flexibility index (Phi) is 1.83. The van der Waals surface area contributed by atoms with Crippen LogP contribution in [-0.2, 0) is 0 Å². The van der Waals surface area contributed by atoms with Crippen molar-refractivity contribution in [1.29, 1.82) is 0 Å². The zero-order valence-electron chi connectivity index (χ0n) is 9.88. The maximum absolute atomic E-state index is 1.63. The Bertz CT molecular complexity index is 229. The van der Waals surface area contributed by atoms with Crippen LogP contribution in [-0.4, -0.2) is 0 Å². The minimum absolute atomic E-state index is 0.881. The third-order valence-corrected chi connectivity index (χ3v) is 6.55. The molecule has 0 aromatic rings. The molecule has 0 unspecified atom stereocenters. The number of hydrogen-bond acceptors (Lipinski definition) is 0. The van der Waals surface area contributed by atoms with Crippen LogP contribution < -0.4 is 0 Å². The molecule has 1 spiro atoms. The van der Waals surface area contributed by atoms with Crippen molar-refractivity contribution < 1.29 is 0 Å². The molecular weight excluding hydrogens is 180 g/mol. The summed E-state index contributed by atoms with van der Waals surface area (Å²) in [6.07, 6.45) is 16.0. The van der Waals surface area contributed by atoms with E-state index in [2.05, 4.69) is 0 Å². The second-order valence-electron chi connectivity index (χ2n) is 7.10. The van der Waals surface area contributed by atoms with E-state index < -0.39 is 0 Å². The second kappa shape index (κ2) is 3.02. The Morgan fingerprint density at radius 2 is 1.13 bits per heavy atom. The van der Waals surface area contributed by atoms with Crippen LogP contribution in [0.4, 0.5) is 0 Å². The van der Waals surface area contributed by atoms with Gasteiger partial charge in [0.05, 0.1) is 0 Å². The standard InChI is InChI=1S/C15H24/c1-2-4-15(5-3-1)13-7-11-6-12(9-13)10-14(15)8-11/h11-14H,1-10H2. The molecule has 5 aliphatic carbocycles. The van der Waals surface area contributed by atoms with E-state index in [1.54, 1.807) is 57.8 Å².